The lowest BCUT2D eigenvalue weighted by Crippen LogP contribution is -2.39. The van der Waals surface area contributed by atoms with Gasteiger partial charge in [-0.1, -0.05) is 42.5 Å². The predicted molar refractivity (Wildman–Crippen MR) is 122 cm³/mol. The quantitative estimate of drug-likeness (QED) is 0.391. The van der Waals surface area contributed by atoms with E-state index >= 15 is 0 Å². The van der Waals surface area contributed by atoms with Gasteiger partial charge in [0.05, 0.1) is 0 Å². The van der Waals surface area contributed by atoms with Crippen molar-refractivity contribution >= 4 is 17.9 Å². The third kappa shape index (κ3) is 7.05. The van der Waals surface area contributed by atoms with E-state index in [4.69, 9.17) is 10.9 Å². The van der Waals surface area contributed by atoms with Crippen LogP contribution in [0.4, 0.5) is 0 Å². The number of benzene rings is 2. The minimum absolute atomic E-state index is 0.00681. The topological polar surface area (TPSA) is 95.7 Å². The predicted octanol–water partition coefficient (Wildman–Crippen LogP) is 3.58. The first-order valence-electron chi connectivity index (χ1n) is 10.9. The van der Waals surface area contributed by atoms with Gasteiger partial charge in [-0.15, -0.1) is 0 Å². The molecule has 1 heterocycles. The first kappa shape index (κ1) is 22.7. The van der Waals surface area contributed by atoms with Crippen LogP contribution in [-0.2, 0) is 4.79 Å². The molecule has 4 N–H and O–H groups in total. The second kappa shape index (κ2) is 11.4. The molecule has 6 heteroatoms. The van der Waals surface area contributed by atoms with Crippen LogP contribution in [-0.4, -0.2) is 41.6 Å². The Morgan fingerprint density at radius 3 is 2.19 bits per heavy atom. The molecule has 2 aromatic carbocycles. The Bertz CT molecular complexity index is 869. The number of carbonyl (C=O) groups excluding carboxylic acids is 2. The van der Waals surface area contributed by atoms with Crippen LogP contribution in [0, 0.1) is 5.92 Å². The van der Waals surface area contributed by atoms with E-state index in [0.29, 0.717) is 18.0 Å². The molecule has 0 radical (unpaired) electrons. The Morgan fingerprint density at radius 2 is 1.65 bits per heavy atom. The minimum Gasteiger partial charge on any atom is -0.339 e. The Balaban J connectivity index is 0.000000248. The number of nitrogens with two attached hydrogens (primary N) is 1. The molecule has 0 atom stereocenters. The van der Waals surface area contributed by atoms with Crippen LogP contribution in [0.1, 0.15) is 53.1 Å². The van der Waals surface area contributed by atoms with Crippen molar-refractivity contribution in [3.8, 4) is 0 Å². The van der Waals surface area contributed by atoms with E-state index in [1.165, 1.54) is 18.4 Å². The number of piperidine rings is 1. The van der Waals surface area contributed by atoms with Crippen molar-refractivity contribution in [2.24, 2.45) is 11.7 Å². The number of amides is 2. The van der Waals surface area contributed by atoms with E-state index in [9.17, 15) is 9.59 Å². The number of hydroxylamine groups is 1. The Hall–Kier alpha value is -2.96. The average Bonchev–Trinajstić information content (AvgIpc) is 3.69. The highest BCUT2D eigenvalue weighted by Gasteiger charge is 2.22. The van der Waals surface area contributed by atoms with Crippen LogP contribution in [0.3, 0.4) is 0 Å². The molecular weight excluding hydrogens is 390 g/mol. The molecule has 164 valence electrons. The van der Waals surface area contributed by atoms with E-state index in [-0.39, 0.29) is 5.91 Å². The Morgan fingerprint density at radius 1 is 1.00 bits per heavy atom. The molecule has 2 fully saturated rings. The SMILES string of the molecule is NCC1CCN(C(=O)/C=C/c2ccc(C(=O)NO)cc2)CC1.c1ccc(C2CC2)cc1. The summed E-state index contributed by atoms with van der Waals surface area (Å²) in [4.78, 5) is 25.1. The van der Waals surface area contributed by atoms with E-state index < -0.39 is 5.91 Å². The fraction of sp³-hybridized carbons (Fsp3) is 0.360. The standard InChI is InChI=1S/C16H21N3O3.C9H10/c17-11-13-7-9-19(10-8-13)15(20)6-3-12-1-4-14(5-2-12)16(21)18-22;1-2-4-8(5-3-1)9-6-7-9/h1-6,13,22H,7-11,17H2,(H,18,21);1-5,9H,6-7H2/b6-3+;. The lowest BCUT2D eigenvalue weighted by Gasteiger charge is -2.30. The molecule has 4 rings (SSSR count). The van der Waals surface area contributed by atoms with Gasteiger partial charge in [0.2, 0.25) is 5.91 Å². The summed E-state index contributed by atoms with van der Waals surface area (Å²) in [6, 6.07) is 17.4. The maximum absolute atomic E-state index is 12.1. The third-order valence-corrected chi connectivity index (χ3v) is 5.80. The van der Waals surface area contributed by atoms with Gasteiger partial charge in [0, 0.05) is 24.7 Å². The smallest absolute Gasteiger partial charge is 0.274 e. The number of nitrogens with zero attached hydrogens (tertiary/aromatic N) is 1. The summed E-state index contributed by atoms with van der Waals surface area (Å²) in [5.74, 6) is 0.867. The fourth-order valence-corrected chi connectivity index (χ4v) is 3.61. The highest BCUT2D eigenvalue weighted by atomic mass is 16.5. The van der Waals surface area contributed by atoms with Crippen LogP contribution in [0.15, 0.2) is 60.7 Å². The molecule has 1 saturated carbocycles. The van der Waals surface area contributed by atoms with Crippen molar-refractivity contribution < 1.29 is 14.8 Å². The minimum atomic E-state index is -0.561. The summed E-state index contributed by atoms with van der Waals surface area (Å²) in [6.45, 7) is 2.19. The van der Waals surface area contributed by atoms with Gasteiger partial charge >= 0.3 is 0 Å². The molecule has 2 aromatic rings. The van der Waals surface area contributed by atoms with Crippen LogP contribution < -0.4 is 11.2 Å². The number of nitrogens with one attached hydrogen (secondary N) is 1. The van der Waals surface area contributed by atoms with Crippen LogP contribution in [0.2, 0.25) is 0 Å². The molecular formula is C25H31N3O3. The van der Waals surface area contributed by atoms with Gasteiger partial charge in [-0.3, -0.25) is 14.8 Å². The molecule has 31 heavy (non-hydrogen) atoms. The van der Waals surface area contributed by atoms with Crippen molar-refractivity contribution in [3.05, 3.63) is 77.4 Å². The summed E-state index contributed by atoms with van der Waals surface area (Å²) >= 11 is 0. The monoisotopic (exact) mass is 421 g/mol. The van der Waals surface area contributed by atoms with Crippen LogP contribution in [0.5, 0.6) is 0 Å². The number of hydrogen-bond acceptors (Lipinski definition) is 4. The molecule has 0 bridgehead atoms. The summed E-state index contributed by atoms with van der Waals surface area (Å²) in [5, 5.41) is 8.54. The molecule has 6 nitrogen and oxygen atoms in total. The van der Waals surface area contributed by atoms with Crippen LogP contribution in [0.25, 0.3) is 6.08 Å². The molecule has 2 aliphatic rings. The van der Waals surface area contributed by atoms with Gasteiger partial charge in [0.15, 0.2) is 0 Å². The van der Waals surface area contributed by atoms with Gasteiger partial charge in [-0.2, -0.15) is 0 Å². The Labute approximate surface area is 183 Å². The molecule has 0 unspecified atom stereocenters. The molecule has 0 aromatic heterocycles. The van der Waals surface area contributed by atoms with Gasteiger partial charge in [0.1, 0.15) is 0 Å². The highest BCUT2D eigenvalue weighted by Crippen LogP contribution is 2.39. The van der Waals surface area contributed by atoms with Gasteiger partial charge in [0.25, 0.3) is 5.91 Å². The first-order chi connectivity index (χ1) is 15.1. The van der Waals surface area contributed by atoms with Crippen molar-refractivity contribution in [1.82, 2.24) is 10.4 Å². The Kier molecular flexibility index (Phi) is 8.38. The summed E-state index contributed by atoms with van der Waals surface area (Å²) in [6.07, 6.45) is 8.00. The maximum atomic E-state index is 12.1. The lowest BCUT2D eigenvalue weighted by atomic mass is 9.97. The van der Waals surface area contributed by atoms with E-state index in [0.717, 1.165) is 37.4 Å². The number of carbonyl (C=O) groups is 2. The maximum Gasteiger partial charge on any atom is 0.274 e. The molecule has 1 aliphatic heterocycles. The zero-order valence-corrected chi connectivity index (χ0v) is 17.7. The zero-order chi connectivity index (χ0) is 22.1. The second-order valence-electron chi connectivity index (χ2n) is 8.09. The second-order valence-corrected chi connectivity index (χ2v) is 8.09. The van der Waals surface area contributed by atoms with E-state index in [1.807, 2.05) is 4.90 Å². The van der Waals surface area contributed by atoms with Crippen molar-refractivity contribution in [2.75, 3.05) is 19.6 Å². The zero-order valence-electron chi connectivity index (χ0n) is 17.7. The lowest BCUT2D eigenvalue weighted by molar-refractivity contribution is -0.127. The average molecular weight is 422 g/mol. The normalized spacial score (nSPS) is 16.5. The van der Waals surface area contributed by atoms with E-state index in [1.54, 1.807) is 41.9 Å². The van der Waals surface area contributed by atoms with E-state index in [2.05, 4.69) is 30.3 Å². The molecule has 0 spiro atoms. The largest absolute Gasteiger partial charge is 0.339 e. The number of hydrogen-bond donors (Lipinski definition) is 3. The highest BCUT2D eigenvalue weighted by molar-refractivity contribution is 5.94. The summed E-state index contributed by atoms with van der Waals surface area (Å²) < 4.78 is 0. The summed E-state index contributed by atoms with van der Waals surface area (Å²) in [7, 11) is 0. The first-order valence-corrected chi connectivity index (χ1v) is 10.9. The molecule has 2 amide bonds. The van der Waals surface area contributed by atoms with Crippen molar-refractivity contribution in [1.29, 1.82) is 0 Å². The van der Waals surface area contributed by atoms with Gasteiger partial charge in [-0.05, 0) is 73.4 Å². The van der Waals surface area contributed by atoms with Crippen LogP contribution >= 0.6 is 0 Å². The molecule has 1 saturated heterocycles. The third-order valence-electron chi connectivity index (χ3n) is 5.80. The number of likely N-dealkylation sites (tertiary alicyclic amines) is 1. The summed E-state index contributed by atoms with van der Waals surface area (Å²) in [5.41, 5.74) is 9.92. The fourth-order valence-electron chi connectivity index (χ4n) is 3.61. The van der Waals surface area contributed by atoms with Crippen molar-refractivity contribution in [3.63, 3.8) is 0 Å². The number of rotatable bonds is 5. The van der Waals surface area contributed by atoms with Gasteiger partial charge in [-0.25, -0.2) is 5.48 Å². The molecule has 1 aliphatic carbocycles. The van der Waals surface area contributed by atoms with Crippen molar-refractivity contribution in [2.45, 2.75) is 31.6 Å². The van der Waals surface area contributed by atoms with Gasteiger partial charge < -0.3 is 10.6 Å².